The fourth-order valence-corrected chi connectivity index (χ4v) is 3.38. The predicted octanol–water partition coefficient (Wildman–Crippen LogP) is 1.58. The average molecular weight is 338 g/mol. The normalized spacial score (nSPS) is 17.7. The molecule has 1 atom stereocenters. The van der Waals surface area contributed by atoms with Crippen LogP contribution in [0.5, 0.6) is 0 Å². The number of para-hydroxylation sites is 2. The standard InChI is InChI=1S/C18H22N6O/c1-22(2)14-7-8-23(11-14)18(25)16-9-13(20-21-16)10-24-12-19-15-5-3-4-6-17(15)24/h3-6,9,12,14H,7-8,10-11H2,1-2H3,(H,20,21). The summed E-state index contributed by atoms with van der Waals surface area (Å²) in [6.45, 7) is 2.16. The molecular formula is C18H22N6O. The van der Waals surface area contributed by atoms with E-state index in [1.54, 1.807) is 0 Å². The summed E-state index contributed by atoms with van der Waals surface area (Å²) >= 11 is 0. The van der Waals surface area contributed by atoms with E-state index < -0.39 is 0 Å². The molecule has 2 aromatic heterocycles. The minimum atomic E-state index is 0.00217. The van der Waals surface area contributed by atoms with Gasteiger partial charge in [0.25, 0.3) is 5.91 Å². The van der Waals surface area contributed by atoms with Crippen molar-refractivity contribution in [3.63, 3.8) is 0 Å². The molecule has 3 aromatic rings. The van der Waals surface area contributed by atoms with Gasteiger partial charge >= 0.3 is 0 Å². The first-order valence-electron chi connectivity index (χ1n) is 8.51. The van der Waals surface area contributed by atoms with E-state index in [2.05, 4.69) is 38.7 Å². The number of fused-ring (bicyclic) bond motifs is 1. The van der Waals surface area contributed by atoms with E-state index >= 15 is 0 Å². The highest BCUT2D eigenvalue weighted by molar-refractivity contribution is 5.92. The lowest BCUT2D eigenvalue weighted by Gasteiger charge is -2.19. The number of H-pyrrole nitrogens is 1. The van der Waals surface area contributed by atoms with Crippen molar-refractivity contribution in [2.75, 3.05) is 27.2 Å². The second-order valence-electron chi connectivity index (χ2n) is 6.80. The van der Waals surface area contributed by atoms with Gasteiger partial charge in [-0.15, -0.1) is 0 Å². The highest BCUT2D eigenvalue weighted by atomic mass is 16.2. The number of benzene rings is 1. The molecular weight excluding hydrogens is 316 g/mol. The van der Waals surface area contributed by atoms with E-state index in [1.165, 1.54) is 0 Å². The van der Waals surface area contributed by atoms with Crippen LogP contribution < -0.4 is 0 Å². The van der Waals surface area contributed by atoms with Crippen molar-refractivity contribution in [3.05, 3.63) is 48.0 Å². The number of imidazole rings is 1. The second kappa shape index (κ2) is 6.33. The number of carbonyl (C=O) groups excluding carboxylic acids is 1. The van der Waals surface area contributed by atoms with E-state index in [4.69, 9.17) is 0 Å². The minimum absolute atomic E-state index is 0.00217. The Morgan fingerprint density at radius 3 is 3.00 bits per heavy atom. The zero-order chi connectivity index (χ0) is 17.4. The Bertz CT molecular complexity index is 896. The van der Waals surface area contributed by atoms with E-state index in [-0.39, 0.29) is 5.91 Å². The van der Waals surface area contributed by atoms with E-state index in [0.29, 0.717) is 18.3 Å². The molecule has 1 N–H and O–H groups in total. The molecule has 25 heavy (non-hydrogen) atoms. The first-order chi connectivity index (χ1) is 12.1. The smallest absolute Gasteiger partial charge is 0.274 e. The van der Waals surface area contributed by atoms with Crippen LogP contribution >= 0.6 is 0 Å². The summed E-state index contributed by atoms with van der Waals surface area (Å²) in [5, 5.41) is 7.22. The lowest BCUT2D eigenvalue weighted by atomic mass is 10.2. The Balaban J connectivity index is 1.48. The van der Waals surface area contributed by atoms with Crippen LogP contribution in [0, 0.1) is 0 Å². The van der Waals surface area contributed by atoms with Gasteiger partial charge in [-0.3, -0.25) is 9.89 Å². The van der Waals surface area contributed by atoms with Crippen LogP contribution in [0.3, 0.4) is 0 Å². The molecule has 4 rings (SSSR count). The lowest BCUT2D eigenvalue weighted by Crippen LogP contribution is -2.34. The largest absolute Gasteiger partial charge is 0.336 e. The van der Waals surface area contributed by atoms with Crippen molar-refractivity contribution >= 4 is 16.9 Å². The molecule has 7 nitrogen and oxygen atoms in total. The number of hydrogen-bond donors (Lipinski definition) is 1. The third-order valence-corrected chi connectivity index (χ3v) is 4.90. The molecule has 0 bridgehead atoms. The highest BCUT2D eigenvalue weighted by Crippen LogP contribution is 2.17. The van der Waals surface area contributed by atoms with Gasteiger partial charge in [-0.2, -0.15) is 5.10 Å². The molecule has 130 valence electrons. The van der Waals surface area contributed by atoms with Crippen molar-refractivity contribution in [2.45, 2.75) is 19.0 Å². The van der Waals surface area contributed by atoms with Gasteiger partial charge in [0.1, 0.15) is 5.69 Å². The maximum Gasteiger partial charge on any atom is 0.274 e. The average Bonchev–Trinajstić information content (AvgIpc) is 3.35. The van der Waals surface area contributed by atoms with Crippen LogP contribution in [0.25, 0.3) is 11.0 Å². The molecule has 7 heteroatoms. The molecule has 0 radical (unpaired) electrons. The first-order valence-corrected chi connectivity index (χ1v) is 8.51. The third kappa shape index (κ3) is 3.02. The van der Waals surface area contributed by atoms with E-state index in [1.807, 2.05) is 41.6 Å². The van der Waals surface area contributed by atoms with Crippen LogP contribution in [0.2, 0.25) is 0 Å². The SMILES string of the molecule is CN(C)C1CCN(C(=O)c2cc(Cn3cnc4ccccc43)[nH]n2)C1. The number of aromatic nitrogens is 4. The number of likely N-dealkylation sites (N-methyl/N-ethyl adjacent to an activating group) is 1. The van der Waals surface area contributed by atoms with Gasteiger partial charge in [0.2, 0.25) is 0 Å². The zero-order valence-electron chi connectivity index (χ0n) is 14.5. The number of nitrogens with one attached hydrogen (secondary N) is 1. The van der Waals surface area contributed by atoms with Gasteiger partial charge < -0.3 is 14.4 Å². The highest BCUT2D eigenvalue weighted by Gasteiger charge is 2.29. The number of rotatable bonds is 4. The molecule has 0 saturated carbocycles. The fraction of sp³-hybridized carbons (Fsp3) is 0.389. The Hall–Kier alpha value is -2.67. The van der Waals surface area contributed by atoms with Crippen LogP contribution in [-0.2, 0) is 6.54 Å². The topological polar surface area (TPSA) is 70.1 Å². The van der Waals surface area contributed by atoms with E-state index in [0.717, 1.165) is 36.2 Å². The van der Waals surface area contributed by atoms with E-state index in [9.17, 15) is 4.79 Å². The van der Waals surface area contributed by atoms with Crippen molar-refractivity contribution in [2.24, 2.45) is 0 Å². The summed E-state index contributed by atoms with van der Waals surface area (Å²) in [5.41, 5.74) is 3.41. The molecule has 0 spiro atoms. The molecule has 3 heterocycles. The number of amides is 1. The molecule has 1 aromatic carbocycles. The first kappa shape index (κ1) is 15.8. The molecule has 1 aliphatic heterocycles. The number of carbonyl (C=O) groups is 1. The third-order valence-electron chi connectivity index (χ3n) is 4.90. The predicted molar refractivity (Wildman–Crippen MR) is 95.4 cm³/mol. The molecule has 1 amide bonds. The Labute approximate surface area is 146 Å². The Kier molecular flexibility index (Phi) is 4.01. The van der Waals surface area contributed by atoms with Crippen molar-refractivity contribution in [1.29, 1.82) is 0 Å². The summed E-state index contributed by atoms with van der Waals surface area (Å²) in [6, 6.07) is 10.3. The number of aromatic amines is 1. The lowest BCUT2D eigenvalue weighted by molar-refractivity contribution is 0.0777. The fourth-order valence-electron chi connectivity index (χ4n) is 3.38. The van der Waals surface area contributed by atoms with Crippen LogP contribution in [0.4, 0.5) is 0 Å². The molecule has 1 fully saturated rings. The minimum Gasteiger partial charge on any atom is -0.336 e. The van der Waals surface area contributed by atoms with Crippen molar-refractivity contribution in [3.8, 4) is 0 Å². The van der Waals surface area contributed by atoms with Gasteiger partial charge in [-0.1, -0.05) is 12.1 Å². The monoisotopic (exact) mass is 338 g/mol. The number of likely N-dealkylation sites (tertiary alicyclic amines) is 1. The molecule has 1 saturated heterocycles. The van der Waals surface area contributed by atoms with Gasteiger partial charge in [0.15, 0.2) is 0 Å². The van der Waals surface area contributed by atoms with Gasteiger partial charge in [0.05, 0.1) is 29.6 Å². The number of hydrogen-bond acceptors (Lipinski definition) is 4. The molecule has 1 aliphatic rings. The second-order valence-corrected chi connectivity index (χ2v) is 6.80. The van der Waals surface area contributed by atoms with Gasteiger partial charge in [-0.25, -0.2) is 4.98 Å². The van der Waals surface area contributed by atoms with Gasteiger partial charge in [-0.05, 0) is 38.7 Å². The molecule has 0 aliphatic carbocycles. The van der Waals surface area contributed by atoms with Gasteiger partial charge in [0, 0.05) is 19.1 Å². The van der Waals surface area contributed by atoms with Crippen molar-refractivity contribution in [1.82, 2.24) is 29.5 Å². The maximum absolute atomic E-state index is 12.6. The van der Waals surface area contributed by atoms with Crippen LogP contribution in [0.1, 0.15) is 22.6 Å². The van der Waals surface area contributed by atoms with Crippen molar-refractivity contribution < 1.29 is 4.79 Å². The Morgan fingerprint density at radius 1 is 1.36 bits per heavy atom. The summed E-state index contributed by atoms with van der Waals surface area (Å²) in [6.07, 6.45) is 2.83. The van der Waals surface area contributed by atoms with Crippen LogP contribution in [-0.4, -0.2) is 68.7 Å². The van der Waals surface area contributed by atoms with Crippen LogP contribution in [0.15, 0.2) is 36.7 Å². The zero-order valence-corrected chi connectivity index (χ0v) is 14.5. The summed E-state index contributed by atoms with van der Waals surface area (Å²) in [4.78, 5) is 21.1. The Morgan fingerprint density at radius 2 is 2.20 bits per heavy atom. The number of nitrogens with zero attached hydrogens (tertiary/aromatic N) is 5. The summed E-state index contributed by atoms with van der Waals surface area (Å²) < 4.78 is 2.05. The summed E-state index contributed by atoms with van der Waals surface area (Å²) in [5.74, 6) is 0.00217. The molecule has 1 unspecified atom stereocenters. The summed E-state index contributed by atoms with van der Waals surface area (Å²) in [7, 11) is 4.11. The maximum atomic E-state index is 12.6. The quantitative estimate of drug-likeness (QED) is 0.784.